The highest BCUT2D eigenvalue weighted by atomic mass is 32.2. The van der Waals surface area contributed by atoms with E-state index in [9.17, 15) is 9.59 Å². The molecule has 10 heteroatoms. The normalized spacial score (nSPS) is 10.5. The number of carbonyl (C=O) groups is 2. The number of pyridine rings is 1. The van der Waals surface area contributed by atoms with Crippen molar-refractivity contribution in [2.75, 3.05) is 23.5 Å². The predicted octanol–water partition coefficient (Wildman–Crippen LogP) is 4.03. The van der Waals surface area contributed by atoms with E-state index in [0.29, 0.717) is 28.1 Å². The number of hydrogen-bond acceptors (Lipinski definition) is 7. The van der Waals surface area contributed by atoms with Gasteiger partial charge in [-0.05, 0) is 48.5 Å². The van der Waals surface area contributed by atoms with Crippen LogP contribution in [-0.4, -0.2) is 44.4 Å². The Morgan fingerprint density at radius 3 is 2.29 bits per heavy atom. The van der Waals surface area contributed by atoms with Gasteiger partial charge in [-0.3, -0.25) is 19.1 Å². The number of amides is 2. The van der Waals surface area contributed by atoms with Crippen LogP contribution in [0.15, 0.2) is 78.2 Å². The number of para-hydroxylation sites is 2. The lowest BCUT2D eigenvalue weighted by Crippen LogP contribution is -2.14. The summed E-state index contributed by atoms with van der Waals surface area (Å²) in [6.45, 7) is 1.44. The Hall–Kier alpha value is -4.18. The number of methoxy groups -OCH3 is 1. The molecule has 0 aliphatic heterocycles. The van der Waals surface area contributed by atoms with Gasteiger partial charge in [0.25, 0.3) is 0 Å². The quantitative estimate of drug-likeness (QED) is 0.371. The molecule has 0 fully saturated rings. The number of aromatic nitrogens is 4. The van der Waals surface area contributed by atoms with E-state index < -0.39 is 0 Å². The molecule has 172 valence electrons. The minimum atomic E-state index is -0.197. The van der Waals surface area contributed by atoms with Gasteiger partial charge in [-0.2, -0.15) is 0 Å². The van der Waals surface area contributed by atoms with E-state index in [1.54, 1.807) is 43.8 Å². The fourth-order valence-corrected chi connectivity index (χ4v) is 4.00. The van der Waals surface area contributed by atoms with E-state index in [1.807, 2.05) is 41.0 Å². The largest absolute Gasteiger partial charge is 0.495 e. The van der Waals surface area contributed by atoms with Crippen molar-refractivity contribution in [1.29, 1.82) is 0 Å². The Kier molecular flexibility index (Phi) is 7.19. The predicted molar refractivity (Wildman–Crippen MR) is 131 cm³/mol. The zero-order valence-corrected chi connectivity index (χ0v) is 19.4. The summed E-state index contributed by atoms with van der Waals surface area (Å²) in [4.78, 5) is 27.8. The van der Waals surface area contributed by atoms with Gasteiger partial charge in [-0.15, -0.1) is 10.2 Å². The SMILES string of the molecule is COc1ccccc1-n1c(SCC(=O)Nc2ccc(NC(C)=O)cc2)nnc1-c1ccncc1. The number of nitrogens with zero attached hydrogens (tertiary/aromatic N) is 4. The molecule has 34 heavy (non-hydrogen) atoms. The highest BCUT2D eigenvalue weighted by Crippen LogP contribution is 2.32. The van der Waals surface area contributed by atoms with E-state index in [-0.39, 0.29) is 17.6 Å². The third-order valence-electron chi connectivity index (χ3n) is 4.72. The number of carbonyl (C=O) groups excluding carboxylic acids is 2. The second-order valence-electron chi connectivity index (χ2n) is 7.14. The standard InChI is InChI=1S/C24H22N6O3S/c1-16(31)26-18-7-9-19(10-8-18)27-22(32)15-34-24-29-28-23(17-11-13-25-14-12-17)30(24)20-5-3-4-6-21(20)33-2/h3-14H,15H2,1-2H3,(H,26,31)(H,27,32). The zero-order chi connectivity index (χ0) is 23.9. The van der Waals surface area contributed by atoms with E-state index >= 15 is 0 Å². The maximum Gasteiger partial charge on any atom is 0.234 e. The molecule has 0 saturated carbocycles. The first-order chi connectivity index (χ1) is 16.5. The summed E-state index contributed by atoms with van der Waals surface area (Å²) in [5.74, 6) is 1.04. The first kappa shape index (κ1) is 23.0. The monoisotopic (exact) mass is 474 g/mol. The Bertz CT molecular complexity index is 1290. The second-order valence-corrected chi connectivity index (χ2v) is 8.09. The summed E-state index contributed by atoms with van der Waals surface area (Å²) in [6, 6.07) is 18.2. The van der Waals surface area contributed by atoms with Crippen LogP contribution in [0.5, 0.6) is 5.75 Å². The summed E-state index contributed by atoms with van der Waals surface area (Å²) in [7, 11) is 1.60. The highest BCUT2D eigenvalue weighted by Gasteiger charge is 2.19. The van der Waals surface area contributed by atoms with Crippen molar-refractivity contribution in [3.63, 3.8) is 0 Å². The minimum absolute atomic E-state index is 0.122. The van der Waals surface area contributed by atoms with Crippen molar-refractivity contribution < 1.29 is 14.3 Å². The van der Waals surface area contributed by atoms with Crippen molar-refractivity contribution in [3.8, 4) is 22.8 Å². The molecule has 0 radical (unpaired) electrons. The second kappa shape index (κ2) is 10.6. The summed E-state index contributed by atoms with van der Waals surface area (Å²) in [5.41, 5.74) is 2.89. The first-order valence-corrected chi connectivity index (χ1v) is 11.3. The number of nitrogens with one attached hydrogen (secondary N) is 2. The van der Waals surface area contributed by atoms with Gasteiger partial charge in [0, 0.05) is 36.3 Å². The van der Waals surface area contributed by atoms with Crippen LogP contribution < -0.4 is 15.4 Å². The number of anilines is 2. The fraction of sp³-hybridized carbons (Fsp3) is 0.125. The smallest absolute Gasteiger partial charge is 0.234 e. The number of rotatable bonds is 8. The molecule has 0 aliphatic carbocycles. The molecule has 0 bridgehead atoms. The Balaban J connectivity index is 1.54. The van der Waals surface area contributed by atoms with Crippen LogP contribution >= 0.6 is 11.8 Å². The third kappa shape index (κ3) is 5.41. The molecule has 0 unspecified atom stereocenters. The molecular weight excluding hydrogens is 452 g/mol. The van der Waals surface area contributed by atoms with E-state index in [4.69, 9.17) is 4.74 Å². The van der Waals surface area contributed by atoms with Gasteiger partial charge in [0.1, 0.15) is 5.75 Å². The number of thioether (sulfide) groups is 1. The number of benzene rings is 2. The topological polar surface area (TPSA) is 111 Å². The van der Waals surface area contributed by atoms with Gasteiger partial charge in [-0.1, -0.05) is 23.9 Å². The molecule has 2 aromatic carbocycles. The van der Waals surface area contributed by atoms with E-state index in [2.05, 4.69) is 25.8 Å². The molecule has 9 nitrogen and oxygen atoms in total. The van der Waals surface area contributed by atoms with Crippen molar-refractivity contribution in [2.24, 2.45) is 0 Å². The van der Waals surface area contributed by atoms with Crippen LogP contribution in [0.1, 0.15) is 6.92 Å². The lowest BCUT2D eigenvalue weighted by molar-refractivity contribution is -0.114. The van der Waals surface area contributed by atoms with Crippen LogP contribution in [0, 0.1) is 0 Å². The van der Waals surface area contributed by atoms with Gasteiger partial charge >= 0.3 is 0 Å². The first-order valence-electron chi connectivity index (χ1n) is 10.3. The Labute approximate surface area is 200 Å². The zero-order valence-electron chi connectivity index (χ0n) is 18.6. The van der Waals surface area contributed by atoms with Gasteiger partial charge in [0.15, 0.2) is 11.0 Å². The summed E-state index contributed by atoms with van der Waals surface area (Å²) in [6.07, 6.45) is 3.38. The van der Waals surface area contributed by atoms with Crippen LogP contribution in [0.2, 0.25) is 0 Å². The molecule has 0 spiro atoms. The van der Waals surface area contributed by atoms with Crippen LogP contribution in [0.25, 0.3) is 17.1 Å². The van der Waals surface area contributed by atoms with Crippen LogP contribution in [-0.2, 0) is 9.59 Å². The van der Waals surface area contributed by atoms with Gasteiger partial charge in [0.05, 0.1) is 18.6 Å². The average Bonchev–Trinajstić information content (AvgIpc) is 3.28. The van der Waals surface area contributed by atoms with Gasteiger partial charge in [0.2, 0.25) is 11.8 Å². The molecule has 2 heterocycles. The Morgan fingerprint density at radius 1 is 0.941 bits per heavy atom. The van der Waals surface area contributed by atoms with Crippen molar-refractivity contribution in [2.45, 2.75) is 12.1 Å². The molecule has 0 saturated heterocycles. The maximum absolute atomic E-state index is 12.6. The lowest BCUT2D eigenvalue weighted by Gasteiger charge is -2.13. The van der Waals surface area contributed by atoms with Gasteiger partial charge in [-0.25, -0.2) is 0 Å². The fourth-order valence-electron chi connectivity index (χ4n) is 3.25. The molecule has 4 aromatic rings. The van der Waals surface area contributed by atoms with Crippen molar-refractivity contribution >= 4 is 35.0 Å². The van der Waals surface area contributed by atoms with Crippen LogP contribution in [0.4, 0.5) is 11.4 Å². The van der Waals surface area contributed by atoms with Crippen molar-refractivity contribution in [3.05, 3.63) is 73.1 Å². The summed E-state index contributed by atoms with van der Waals surface area (Å²) in [5, 5.41) is 14.8. The number of ether oxygens (including phenoxy) is 1. The molecular formula is C24H22N6O3S. The number of hydrogen-bond donors (Lipinski definition) is 2. The molecule has 0 aliphatic rings. The molecule has 0 atom stereocenters. The Morgan fingerprint density at radius 2 is 1.62 bits per heavy atom. The summed E-state index contributed by atoms with van der Waals surface area (Å²) < 4.78 is 7.42. The maximum atomic E-state index is 12.6. The van der Waals surface area contributed by atoms with E-state index in [0.717, 1.165) is 11.3 Å². The molecule has 4 rings (SSSR count). The molecule has 2 aromatic heterocycles. The third-order valence-corrected chi connectivity index (χ3v) is 5.65. The van der Waals surface area contributed by atoms with Gasteiger partial charge < -0.3 is 15.4 Å². The molecule has 2 amide bonds. The van der Waals surface area contributed by atoms with Crippen molar-refractivity contribution in [1.82, 2.24) is 19.7 Å². The average molecular weight is 475 g/mol. The highest BCUT2D eigenvalue weighted by molar-refractivity contribution is 7.99. The van der Waals surface area contributed by atoms with Crippen LogP contribution in [0.3, 0.4) is 0 Å². The lowest BCUT2D eigenvalue weighted by atomic mass is 10.2. The molecule has 2 N–H and O–H groups in total. The minimum Gasteiger partial charge on any atom is -0.495 e. The summed E-state index contributed by atoms with van der Waals surface area (Å²) >= 11 is 1.26. The van der Waals surface area contributed by atoms with E-state index in [1.165, 1.54) is 18.7 Å².